The van der Waals surface area contributed by atoms with Gasteiger partial charge in [0.15, 0.2) is 0 Å². The number of rotatable bonds is 2. The van der Waals surface area contributed by atoms with Gasteiger partial charge in [-0.3, -0.25) is 0 Å². The van der Waals surface area contributed by atoms with E-state index in [0.29, 0.717) is 0 Å². The van der Waals surface area contributed by atoms with Gasteiger partial charge in [-0.1, -0.05) is 18.2 Å². The molecule has 0 saturated carbocycles. The van der Waals surface area contributed by atoms with E-state index in [1.807, 2.05) is 54.6 Å². The number of benzene rings is 2. The molecule has 2 heteroatoms. The summed E-state index contributed by atoms with van der Waals surface area (Å²) in [7, 11) is 0. The molecule has 64 valence electrons. The van der Waals surface area contributed by atoms with Crippen molar-refractivity contribution >= 4 is 0 Å². The molecule has 0 aliphatic heterocycles. The van der Waals surface area contributed by atoms with Crippen molar-refractivity contribution in [1.82, 2.24) is 0 Å². The van der Waals surface area contributed by atoms with Crippen molar-refractivity contribution in [3.63, 3.8) is 0 Å². The van der Waals surface area contributed by atoms with Crippen molar-refractivity contribution in [2.75, 3.05) is 0 Å². The average molecular weight is 302 g/mol. The van der Waals surface area contributed by atoms with E-state index >= 15 is 0 Å². The first-order chi connectivity index (χ1) is 6.45. The largest absolute Gasteiger partial charge is 1.00 e. The maximum atomic E-state index is 5.56. The molecule has 0 aliphatic carbocycles. The van der Waals surface area contributed by atoms with Crippen LogP contribution in [0.1, 0.15) is 0 Å². The van der Waals surface area contributed by atoms with E-state index in [2.05, 4.69) is 6.07 Å². The zero-order chi connectivity index (χ0) is 8.93. The minimum absolute atomic E-state index is 0. The molecule has 0 aliphatic rings. The van der Waals surface area contributed by atoms with Crippen molar-refractivity contribution in [3.8, 4) is 11.5 Å². The Hall–Kier alpha value is 0.292. The number of ether oxygens (including phenoxy) is 1. The molecule has 2 rings (SSSR count). The van der Waals surface area contributed by atoms with Crippen molar-refractivity contribution in [2.24, 2.45) is 0 Å². The maximum absolute atomic E-state index is 5.56. The number of hydrogen-bond donors (Lipinski definition) is 0. The quantitative estimate of drug-likeness (QED) is 0.724. The molecule has 0 N–H and O–H groups in total. The Kier molecular flexibility index (Phi) is 5.93. The number of hydrogen-bond acceptors (Lipinski definition) is 1. The third kappa shape index (κ3) is 3.81. The molecular formula is C12H9CsO. The van der Waals surface area contributed by atoms with Crippen molar-refractivity contribution in [2.45, 2.75) is 0 Å². The summed E-state index contributed by atoms with van der Waals surface area (Å²) in [5, 5.41) is 0. The normalized spacial score (nSPS) is 8.86. The Bertz CT molecular complexity index is 321. The fraction of sp³-hybridized carbons (Fsp3) is 0. The van der Waals surface area contributed by atoms with Gasteiger partial charge in [0.25, 0.3) is 0 Å². The first-order valence-electron chi connectivity index (χ1n) is 4.14. The zero-order valence-electron chi connectivity index (χ0n) is 8.10. The Balaban J connectivity index is 0.000000980. The van der Waals surface area contributed by atoms with E-state index in [-0.39, 0.29) is 68.9 Å². The van der Waals surface area contributed by atoms with Gasteiger partial charge in [-0.2, -0.15) is 18.2 Å². The van der Waals surface area contributed by atoms with E-state index in [4.69, 9.17) is 4.74 Å². The third-order valence-electron chi connectivity index (χ3n) is 1.67. The SMILES string of the molecule is [Cs+].[c-]1ccc(Oc2ccccc2)cc1. The fourth-order valence-corrected chi connectivity index (χ4v) is 1.06. The summed E-state index contributed by atoms with van der Waals surface area (Å²) in [6.45, 7) is 0. The molecule has 0 fully saturated rings. The summed E-state index contributed by atoms with van der Waals surface area (Å²) in [6.07, 6.45) is 0. The topological polar surface area (TPSA) is 9.23 Å². The van der Waals surface area contributed by atoms with Crippen LogP contribution in [0.4, 0.5) is 0 Å². The van der Waals surface area contributed by atoms with Crippen molar-refractivity contribution < 1.29 is 73.6 Å². The van der Waals surface area contributed by atoms with Gasteiger partial charge in [0.1, 0.15) is 5.75 Å². The third-order valence-corrected chi connectivity index (χ3v) is 1.67. The van der Waals surface area contributed by atoms with Crippen LogP contribution in [0.2, 0.25) is 0 Å². The molecule has 0 radical (unpaired) electrons. The average Bonchev–Trinajstić information content (AvgIpc) is 2.21. The molecule has 0 bridgehead atoms. The molecule has 0 saturated heterocycles. The molecule has 2 aromatic rings. The standard InChI is InChI=1S/C12H9O.Cs/c1-3-7-11(8-4-1)13-12-9-5-2-6-10-12;/h1,3-10H;/q-1;+1. The Morgan fingerprint density at radius 3 is 2.00 bits per heavy atom. The van der Waals surface area contributed by atoms with E-state index in [1.165, 1.54) is 0 Å². The summed E-state index contributed by atoms with van der Waals surface area (Å²) in [6, 6.07) is 20.1. The van der Waals surface area contributed by atoms with Gasteiger partial charge in [0.05, 0.1) is 0 Å². The number of para-hydroxylation sites is 1. The van der Waals surface area contributed by atoms with E-state index < -0.39 is 0 Å². The molecule has 14 heavy (non-hydrogen) atoms. The molecule has 0 heterocycles. The molecule has 0 atom stereocenters. The van der Waals surface area contributed by atoms with Crippen LogP contribution in [0, 0.1) is 6.07 Å². The predicted octanol–water partition coefficient (Wildman–Crippen LogP) is 0.283. The Labute approximate surface area is 143 Å². The second kappa shape index (κ2) is 6.72. The maximum Gasteiger partial charge on any atom is 1.00 e. The summed E-state index contributed by atoms with van der Waals surface area (Å²) in [5.41, 5.74) is 0. The second-order valence-electron chi connectivity index (χ2n) is 2.65. The Morgan fingerprint density at radius 2 is 1.36 bits per heavy atom. The summed E-state index contributed by atoms with van der Waals surface area (Å²) < 4.78 is 5.56. The minimum Gasteiger partial charge on any atom is -0.483 e. The first-order valence-corrected chi connectivity index (χ1v) is 4.14. The van der Waals surface area contributed by atoms with Gasteiger partial charge >= 0.3 is 68.9 Å². The molecular weight excluding hydrogens is 293 g/mol. The second-order valence-corrected chi connectivity index (χ2v) is 2.65. The van der Waals surface area contributed by atoms with Crippen molar-refractivity contribution in [1.29, 1.82) is 0 Å². The monoisotopic (exact) mass is 302 g/mol. The van der Waals surface area contributed by atoms with Crippen LogP contribution >= 0.6 is 0 Å². The Morgan fingerprint density at radius 1 is 0.786 bits per heavy atom. The summed E-state index contributed by atoms with van der Waals surface area (Å²) in [4.78, 5) is 0. The smallest absolute Gasteiger partial charge is 0.483 e. The summed E-state index contributed by atoms with van der Waals surface area (Å²) >= 11 is 0. The fourth-order valence-electron chi connectivity index (χ4n) is 1.06. The van der Waals surface area contributed by atoms with Crippen LogP contribution in [0.5, 0.6) is 11.5 Å². The van der Waals surface area contributed by atoms with E-state index in [1.54, 1.807) is 0 Å². The van der Waals surface area contributed by atoms with Gasteiger partial charge in [0.2, 0.25) is 0 Å². The van der Waals surface area contributed by atoms with E-state index in [9.17, 15) is 0 Å². The van der Waals surface area contributed by atoms with E-state index in [0.717, 1.165) is 11.5 Å². The molecule has 0 amide bonds. The van der Waals surface area contributed by atoms with Crippen LogP contribution in [0.15, 0.2) is 54.6 Å². The molecule has 0 spiro atoms. The van der Waals surface area contributed by atoms with Crippen molar-refractivity contribution in [3.05, 3.63) is 60.7 Å². The van der Waals surface area contributed by atoms with Gasteiger partial charge < -0.3 is 4.74 Å². The van der Waals surface area contributed by atoms with Gasteiger partial charge in [0, 0.05) is 5.75 Å². The van der Waals surface area contributed by atoms with Crippen LogP contribution in [-0.4, -0.2) is 0 Å². The van der Waals surface area contributed by atoms with Crippen LogP contribution in [0.3, 0.4) is 0 Å². The molecule has 1 nitrogen and oxygen atoms in total. The van der Waals surface area contributed by atoms with Crippen LogP contribution in [-0.2, 0) is 0 Å². The molecule has 0 unspecified atom stereocenters. The zero-order valence-corrected chi connectivity index (χ0v) is 14.4. The van der Waals surface area contributed by atoms with Gasteiger partial charge in [-0.05, 0) is 12.1 Å². The van der Waals surface area contributed by atoms with Gasteiger partial charge in [-0.25, -0.2) is 0 Å². The van der Waals surface area contributed by atoms with Crippen LogP contribution < -0.4 is 73.6 Å². The van der Waals surface area contributed by atoms with Crippen LogP contribution in [0.25, 0.3) is 0 Å². The predicted molar refractivity (Wildman–Crippen MR) is 51.8 cm³/mol. The molecule has 2 aromatic carbocycles. The first kappa shape index (κ1) is 12.4. The van der Waals surface area contributed by atoms with Gasteiger partial charge in [-0.15, -0.1) is 12.1 Å². The summed E-state index contributed by atoms with van der Waals surface area (Å²) in [5.74, 6) is 1.69. The minimum atomic E-state index is 0. The molecule has 0 aromatic heterocycles.